The Kier molecular flexibility index (Phi) is 4.66. The van der Waals surface area contributed by atoms with Gasteiger partial charge in [0.25, 0.3) is 5.91 Å². The van der Waals surface area contributed by atoms with Gasteiger partial charge in [-0.05, 0) is 42.0 Å². The molecule has 4 nitrogen and oxygen atoms in total. The molecule has 0 aliphatic carbocycles. The summed E-state index contributed by atoms with van der Waals surface area (Å²) in [6, 6.07) is 12.0. The third kappa shape index (κ3) is 3.89. The second-order valence-corrected chi connectivity index (χ2v) is 4.38. The van der Waals surface area contributed by atoms with Crippen LogP contribution in [0.3, 0.4) is 0 Å². The number of carbonyl (C=O) groups excluding carboxylic acids is 2. The second-order valence-electron chi connectivity index (χ2n) is 4.38. The third-order valence-corrected chi connectivity index (χ3v) is 2.93. The lowest BCUT2D eigenvalue weighted by molar-refractivity contribution is 0.0600. The number of hydrogen-bond acceptors (Lipinski definition) is 3. The summed E-state index contributed by atoms with van der Waals surface area (Å²) in [5.41, 5.74) is 1.62. The van der Waals surface area contributed by atoms with Gasteiger partial charge in [-0.1, -0.05) is 12.1 Å². The summed E-state index contributed by atoms with van der Waals surface area (Å²) in [6.45, 7) is 0.303. The normalized spacial score (nSPS) is 10.0. The summed E-state index contributed by atoms with van der Waals surface area (Å²) >= 11 is 0. The molecule has 0 saturated heterocycles. The summed E-state index contributed by atoms with van der Waals surface area (Å²) in [7, 11) is 1.30. The van der Waals surface area contributed by atoms with Crippen LogP contribution in [0, 0.1) is 5.82 Å². The topological polar surface area (TPSA) is 55.4 Å². The molecule has 0 radical (unpaired) electrons. The van der Waals surface area contributed by atoms with Crippen LogP contribution in [-0.2, 0) is 11.3 Å². The molecule has 2 rings (SSSR count). The first-order valence-electron chi connectivity index (χ1n) is 6.31. The van der Waals surface area contributed by atoms with E-state index in [1.165, 1.54) is 31.4 Å². The van der Waals surface area contributed by atoms with Gasteiger partial charge in [-0.2, -0.15) is 0 Å². The first kappa shape index (κ1) is 14.7. The number of benzene rings is 2. The molecule has 0 saturated carbocycles. The average molecular weight is 287 g/mol. The molecule has 2 aromatic rings. The Morgan fingerprint density at radius 1 is 1.00 bits per heavy atom. The van der Waals surface area contributed by atoms with Crippen molar-refractivity contribution in [3.05, 3.63) is 71.0 Å². The van der Waals surface area contributed by atoms with Gasteiger partial charge in [-0.15, -0.1) is 0 Å². The Morgan fingerprint density at radius 2 is 1.57 bits per heavy atom. The van der Waals surface area contributed by atoms with E-state index < -0.39 is 5.97 Å². The Hall–Kier alpha value is -2.69. The Labute approximate surface area is 121 Å². The lowest BCUT2D eigenvalue weighted by Gasteiger charge is -2.06. The highest BCUT2D eigenvalue weighted by Gasteiger charge is 2.08. The molecule has 0 fully saturated rings. The molecule has 0 aliphatic heterocycles. The number of halogens is 1. The zero-order valence-electron chi connectivity index (χ0n) is 11.4. The predicted octanol–water partition coefficient (Wildman–Crippen LogP) is 2.54. The van der Waals surface area contributed by atoms with Gasteiger partial charge in [0, 0.05) is 12.1 Å². The summed E-state index contributed by atoms with van der Waals surface area (Å²) in [5.74, 6) is -1.03. The van der Waals surface area contributed by atoms with Crippen LogP contribution < -0.4 is 5.32 Å². The molecule has 0 aromatic heterocycles. The summed E-state index contributed by atoms with van der Waals surface area (Å²) in [4.78, 5) is 23.2. The maximum absolute atomic E-state index is 12.8. The predicted molar refractivity (Wildman–Crippen MR) is 75.4 cm³/mol. The number of esters is 1. The first-order valence-corrected chi connectivity index (χ1v) is 6.31. The lowest BCUT2D eigenvalue weighted by Crippen LogP contribution is -2.22. The molecule has 108 valence electrons. The molecular formula is C16H14FNO3. The average Bonchev–Trinajstić information content (AvgIpc) is 2.53. The highest BCUT2D eigenvalue weighted by atomic mass is 19.1. The van der Waals surface area contributed by atoms with Gasteiger partial charge in [0.05, 0.1) is 12.7 Å². The van der Waals surface area contributed by atoms with Gasteiger partial charge in [0.2, 0.25) is 0 Å². The zero-order valence-corrected chi connectivity index (χ0v) is 11.4. The van der Waals surface area contributed by atoms with Gasteiger partial charge in [-0.25, -0.2) is 9.18 Å². The monoisotopic (exact) mass is 287 g/mol. The van der Waals surface area contributed by atoms with E-state index in [1.54, 1.807) is 24.3 Å². The molecule has 0 atom stereocenters. The van der Waals surface area contributed by atoms with Crippen molar-refractivity contribution in [3.8, 4) is 0 Å². The van der Waals surface area contributed by atoms with Crippen molar-refractivity contribution in [2.45, 2.75) is 6.54 Å². The first-order chi connectivity index (χ1) is 10.1. The largest absolute Gasteiger partial charge is 0.465 e. The molecule has 0 aliphatic rings. The highest BCUT2D eigenvalue weighted by molar-refractivity contribution is 5.96. The van der Waals surface area contributed by atoms with Crippen LogP contribution in [0.15, 0.2) is 48.5 Å². The van der Waals surface area contributed by atoms with Gasteiger partial charge in [-0.3, -0.25) is 4.79 Å². The minimum Gasteiger partial charge on any atom is -0.465 e. The van der Waals surface area contributed by atoms with Crippen LogP contribution in [0.1, 0.15) is 26.3 Å². The van der Waals surface area contributed by atoms with E-state index in [1.807, 2.05) is 0 Å². The van der Waals surface area contributed by atoms with E-state index in [-0.39, 0.29) is 11.7 Å². The van der Waals surface area contributed by atoms with Crippen LogP contribution in [-0.4, -0.2) is 19.0 Å². The zero-order chi connectivity index (χ0) is 15.2. The van der Waals surface area contributed by atoms with Crippen molar-refractivity contribution < 1.29 is 18.7 Å². The molecule has 0 spiro atoms. The number of nitrogens with one attached hydrogen (secondary N) is 1. The molecule has 5 heteroatoms. The van der Waals surface area contributed by atoms with Crippen LogP contribution in [0.2, 0.25) is 0 Å². The van der Waals surface area contributed by atoms with Crippen molar-refractivity contribution in [2.24, 2.45) is 0 Å². The number of ether oxygens (including phenoxy) is 1. The van der Waals surface area contributed by atoms with Gasteiger partial charge in [0.1, 0.15) is 5.82 Å². The van der Waals surface area contributed by atoms with Crippen molar-refractivity contribution in [3.63, 3.8) is 0 Å². The van der Waals surface area contributed by atoms with Crippen molar-refractivity contribution in [1.29, 1.82) is 0 Å². The van der Waals surface area contributed by atoms with Gasteiger partial charge < -0.3 is 10.1 Å². The molecular weight excluding hydrogens is 273 g/mol. The third-order valence-electron chi connectivity index (χ3n) is 2.93. The van der Waals surface area contributed by atoms with Crippen molar-refractivity contribution in [1.82, 2.24) is 5.32 Å². The summed E-state index contributed by atoms with van der Waals surface area (Å²) in [5, 5.41) is 2.72. The number of hydrogen-bond donors (Lipinski definition) is 1. The van der Waals surface area contributed by atoms with E-state index in [0.717, 1.165) is 5.56 Å². The summed E-state index contributed by atoms with van der Waals surface area (Å²) < 4.78 is 17.3. The van der Waals surface area contributed by atoms with E-state index in [2.05, 4.69) is 10.1 Å². The lowest BCUT2D eigenvalue weighted by atomic mass is 10.1. The second kappa shape index (κ2) is 6.65. The van der Waals surface area contributed by atoms with E-state index in [9.17, 15) is 14.0 Å². The fourth-order valence-corrected chi connectivity index (χ4v) is 1.76. The smallest absolute Gasteiger partial charge is 0.337 e. The fourth-order valence-electron chi connectivity index (χ4n) is 1.76. The SMILES string of the molecule is COC(=O)c1ccc(C(=O)NCc2ccc(F)cc2)cc1. The maximum atomic E-state index is 12.8. The standard InChI is InChI=1S/C16H14FNO3/c1-21-16(20)13-6-4-12(5-7-13)15(19)18-10-11-2-8-14(17)9-3-11/h2-9H,10H2,1H3,(H,18,19). The van der Waals surface area contributed by atoms with Crippen LogP contribution >= 0.6 is 0 Å². The number of amides is 1. The highest BCUT2D eigenvalue weighted by Crippen LogP contribution is 2.07. The van der Waals surface area contributed by atoms with Crippen molar-refractivity contribution in [2.75, 3.05) is 7.11 Å². The van der Waals surface area contributed by atoms with E-state index in [0.29, 0.717) is 17.7 Å². The van der Waals surface area contributed by atoms with Crippen LogP contribution in [0.25, 0.3) is 0 Å². The molecule has 1 amide bonds. The molecule has 21 heavy (non-hydrogen) atoms. The number of carbonyl (C=O) groups is 2. The van der Waals surface area contributed by atoms with Crippen LogP contribution in [0.4, 0.5) is 4.39 Å². The van der Waals surface area contributed by atoms with Gasteiger partial charge >= 0.3 is 5.97 Å². The van der Waals surface area contributed by atoms with Crippen molar-refractivity contribution >= 4 is 11.9 Å². The molecule has 0 heterocycles. The Morgan fingerprint density at radius 3 is 2.14 bits per heavy atom. The van der Waals surface area contributed by atoms with Gasteiger partial charge in [0.15, 0.2) is 0 Å². The molecule has 2 aromatic carbocycles. The maximum Gasteiger partial charge on any atom is 0.337 e. The Bertz CT molecular complexity index is 636. The van der Waals surface area contributed by atoms with E-state index >= 15 is 0 Å². The fraction of sp³-hybridized carbons (Fsp3) is 0.125. The molecule has 0 bridgehead atoms. The van der Waals surface area contributed by atoms with E-state index in [4.69, 9.17) is 0 Å². The molecule has 0 unspecified atom stereocenters. The minimum atomic E-state index is -0.451. The number of rotatable bonds is 4. The number of methoxy groups -OCH3 is 1. The molecule has 1 N–H and O–H groups in total. The quantitative estimate of drug-likeness (QED) is 0.879. The minimum absolute atomic E-state index is 0.268. The Balaban J connectivity index is 1.97. The summed E-state index contributed by atoms with van der Waals surface area (Å²) in [6.07, 6.45) is 0. The van der Waals surface area contributed by atoms with Crippen LogP contribution in [0.5, 0.6) is 0 Å².